The van der Waals surface area contributed by atoms with Crippen LogP contribution in [0.1, 0.15) is 16.0 Å². The van der Waals surface area contributed by atoms with Crippen LogP contribution in [-0.2, 0) is 17.8 Å². The first-order valence-corrected chi connectivity index (χ1v) is 8.11. The summed E-state index contributed by atoms with van der Waals surface area (Å²) >= 11 is 7.68. The Kier molecular flexibility index (Phi) is 4.17. The van der Waals surface area contributed by atoms with E-state index in [2.05, 4.69) is 11.4 Å². The van der Waals surface area contributed by atoms with Crippen molar-refractivity contribution in [3.8, 4) is 5.75 Å². The summed E-state index contributed by atoms with van der Waals surface area (Å²) in [5, 5.41) is 2.76. The van der Waals surface area contributed by atoms with Crippen LogP contribution < -0.4 is 4.74 Å². The van der Waals surface area contributed by atoms with E-state index in [9.17, 15) is 4.79 Å². The zero-order chi connectivity index (χ0) is 14.8. The molecule has 1 aromatic carbocycles. The quantitative estimate of drug-likeness (QED) is 0.863. The Morgan fingerprint density at radius 3 is 3.10 bits per heavy atom. The summed E-state index contributed by atoms with van der Waals surface area (Å²) in [5.41, 5.74) is 2.20. The zero-order valence-electron chi connectivity index (χ0n) is 11.8. The van der Waals surface area contributed by atoms with E-state index in [0.717, 1.165) is 18.5 Å². The highest BCUT2D eigenvalue weighted by Crippen LogP contribution is 2.25. The minimum absolute atomic E-state index is 0.0289. The van der Waals surface area contributed by atoms with Gasteiger partial charge in [0, 0.05) is 23.0 Å². The Balaban J connectivity index is 1.60. The van der Waals surface area contributed by atoms with Gasteiger partial charge in [0.15, 0.2) is 6.61 Å². The number of amides is 1. The van der Waals surface area contributed by atoms with Crippen molar-refractivity contribution in [2.24, 2.45) is 0 Å². The molecule has 0 fully saturated rings. The van der Waals surface area contributed by atoms with Crippen LogP contribution in [0.5, 0.6) is 5.75 Å². The van der Waals surface area contributed by atoms with E-state index in [1.54, 1.807) is 23.5 Å². The van der Waals surface area contributed by atoms with E-state index < -0.39 is 0 Å². The Morgan fingerprint density at radius 2 is 2.29 bits per heavy atom. The van der Waals surface area contributed by atoms with E-state index in [4.69, 9.17) is 16.3 Å². The first-order valence-electron chi connectivity index (χ1n) is 6.85. The third-order valence-electron chi connectivity index (χ3n) is 3.65. The fourth-order valence-electron chi connectivity index (χ4n) is 2.47. The van der Waals surface area contributed by atoms with Crippen molar-refractivity contribution >= 4 is 28.8 Å². The number of hydrogen-bond acceptors (Lipinski definition) is 3. The summed E-state index contributed by atoms with van der Waals surface area (Å²) in [7, 11) is 0. The van der Waals surface area contributed by atoms with Crippen LogP contribution in [0.3, 0.4) is 0 Å². The van der Waals surface area contributed by atoms with Gasteiger partial charge in [-0.3, -0.25) is 4.79 Å². The van der Waals surface area contributed by atoms with Crippen LogP contribution in [0.15, 0.2) is 29.6 Å². The van der Waals surface area contributed by atoms with Crippen molar-refractivity contribution in [3.63, 3.8) is 0 Å². The number of halogens is 1. The molecular formula is C16H16ClNO2S. The normalized spacial score (nSPS) is 13.9. The predicted molar refractivity (Wildman–Crippen MR) is 85.1 cm³/mol. The molecule has 0 unspecified atom stereocenters. The molecule has 3 nitrogen and oxygen atoms in total. The maximum absolute atomic E-state index is 12.3. The smallest absolute Gasteiger partial charge is 0.260 e. The number of thiophene rings is 1. The van der Waals surface area contributed by atoms with Crippen LogP contribution in [0.4, 0.5) is 0 Å². The number of ether oxygens (including phenoxy) is 1. The van der Waals surface area contributed by atoms with E-state index in [0.29, 0.717) is 17.3 Å². The Morgan fingerprint density at radius 1 is 1.43 bits per heavy atom. The monoisotopic (exact) mass is 321 g/mol. The molecule has 1 aliphatic rings. The van der Waals surface area contributed by atoms with Crippen molar-refractivity contribution in [1.82, 2.24) is 4.90 Å². The Bertz CT molecular complexity index is 668. The van der Waals surface area contributed by atoms with Crippen molar-refractivity contribution in [1.29, 1.82) is 0 Å². The van der Waals surface area contributed by atoms with E-state index in [1.807, 2.05) is 17.9 Å². The van der Waals surface area contributed by atoms with E-state index >= 15 is 0 Å². The molecule has 1 aromatic heterocycles. The predicted octanol–water partition coefficient (Wildman–Crippen LogP) is 3.67. The van der Waals surface area contributed by atoms with Gasteiger partial charge in [0.05, 0.1) is 0 Å². The number of carbonyl (C=O) groups excluding carboxylic acids is 1. The van der Waals surface area contributed by atoms with Gasteiger partial charge in [-0.05, 0) is 54.1 Å². The third-order valence-corrected chi connectivity index (χ3v) is 4.91. The summed E-state index contributed by atoms with van der Waals surface area (Å²) in [5.74, 6) is 0.738. The fraction of sp³-hybridized carbons (Fsp3) is 0.312. The van der Waals surface area contributed by atoms with E-state index in [-0.39, 0.29) is 12.5 Å². The van der Waals surface area contributed by atoms with Crippen LogP contribution in [0.2, 0.25) is 5.02 Å². The molecule has 0 radical (unpaired) electrons. The highest BCUT2D eigenvalue weighted by atomic mass is 35.5. The average molecular weight is 322 g/mol. The molecule has 1 amide bonds. The second kappa shape index (κ2) is 6.08. The molecular weight excluding hydrogens is 306 g/mol. The Labute approximate surface area is 133 Å². The SMILES string of the molecule is Cc1cc(Cl)ccc1OCC(=O)N1CCc2sccc2C1. The molecule has 110 valence electrons. The summed E-state index contributed by atoms with van der Waals surface area (Å²) < 4.78 is 5.63. The zero-order valence-corrected chi connectivity index (χ0v) is 13.3. The number of benzene rings is 1. The third kappa shape index (κ3) is 3.22. The van der Waals surface area contributed by atoms with E-state index in [1.165, 1.54) is 10.4 Å². The molecule has 0 bridgehead atoms. The molecule has 1 aliphatic heterocycles. The van der Waals surface area contributed by atoms with Gasteiger partial charge in [-0.2, -0.15) is 0 Å². The lowest BCUT2D eigenvalue weighted by Gasteiger charge is -2.27. The van der Waals surface area contributed by atoms with Crippen molar-refractivity contribution < 1.29 is 9.53 Å². The molecule has 21 heavy (non-hydrogen) atoms. The molecule has 0 spiro atoms. The summed E-state index contributed by atoms with van der Waals surface area (Å²) in [6, 6.07) is 7.51. The average Bonchev–Trinajstić information content (AvgIpc) is 2.93. The van der Waals surface area contributed by atoms with Gasteiger partial charge in [0.25, 0.3) is 5.91 Å². The van der Waals surface area contributed by atoms with Gasteiger partial charge >= 0.3 is 0 Å². The number of nitrogens with zero attached hydrogens (tertiary/aromatic N) is 1. The summed E-state index contributed by atoms with van der Waals surface area (Å²) in [4.78, 5) is 15.5. The maximum Gasteiger partial charge on any atom is 0.260 e. The molecule has 2 heterocycles. The van der Waals surface area contributed by atoms with Crippen molar-refractivity contribution in [2.75, 3.05) is 13.2 Å². The highest BCUT2D eigenvalue weighted by molar-refractivity contribution is 7.10. The summed E-state index contributed by atoms with van der Waals surface area (Å²) in [6.07, 6.45) is 0.943. The first-order chi connectivity index (χ1) is 10.1. The number of aryl methyl sites for hydroxylation is 1. The number of hydrogen-bond donors (Lipinski definition) is 0. The minimum Gasteiger partial charge on any atom is -0.483 e. The van der Waals surface area contributed by atoms with Crippen LogP contribution >= 0.6 is 22.9 Å². The second-order valence-electron chi connectivity index (χ2n) is 5.13. The first kappa shape index (κ1) is 14.4. The maximum atomic E-state index is 12.3. The number of rotatable bonds is 3. The second-order valence-corrected chi connectivity index (χ2v) is 6.57. The molecule has 0 saturated heterocycles. The highest BCUT2D eigenvalue weighted by Gasteiger charge is 2.21. The molecule has 0 aliphatic carbocycles. The standard InChI is InChI=1S/C16H16ClNO2S/c1-11-8-13(17)2-3-14(11)20-10-16(19)18-6-4-15-12(9-18)5-7-21-15/h2-3,5,7-8H,4,6,9-10H2,1H3. The van der Waals surface area contributed by atoms with Gasteiger partial charge in [-0.25, -0.2) is 0 Å². The topological polar surface area (TPSA) is 29.5 Å². The van der Waals surface area contributed by atoms with Crippen LogP contribution in [-0.4, -0.2) is 24.0 Å². The minimum atomic E-state index is 0.0289. The lowest BCUT2D eigenvalue weighted by atomic mass is 10.1. The molecule has 0 N–H and O–H groups in total. The largest absolute Gasteiger partial charge is 0.483 e. The van der Waals surface area contributed by atoms with Gasteiger partial charge < -0.3 is 9.64 Å². The van der Waals surface area contributed by atoms with Gasteiger partial charge in [0.1, 0.15) is 5.75 Å². The molecule has 2 aromatic rings. The Hall–Kier alpha value is -1.52. The lowest BCUT2D eigenvalue weighted by molar-refractivity contribution is -0.134. The number of carbonyl (C=O) groups is 1. The van der Waals surface area contributed by atoms with Gasteiger partial charge in [-0.15, -0.1) is 11.3 Å². The number of fused-ring (bicyclic) bond motifs is 1. The van der Waals surface area contributed by atoms with Crippen LogP contribution in [0, 0.1) is 6.92 Å². The summed E-state index contributed by atoms with van der Waals surface area (Å²) in [6.45, 7) is 3.46. The fourth-order valence-corrected chi connectivity index (χ4v) is 3.58. The molecule has 0 saturated carbocycles. The van der Waals surface area contributed by atoms with Crippen molar-refractivity contribution in [3.05, 3.63) is 50.7 Å². The molecule has 5 heteroatoms. The van der Waals surface area contributed by atoms with Gasteiger partial charge in [-0.1, -0.05) is 11.6 Å². The lowest BCUT2D eigenvalue weighted by Crippen LogP contribution is -2.38. The van der Waals surface area contributed by atoms with Crippen molar-refractivity contribution in [2.45, 2.75) is 19.9 Å². The van der Waals surface area contributed by atoms with Crippen LogP contribution in [0.25, 0.3) is 0 Å². The molecule has 3 rings (SSSR count). The molecule has 0 atom stereocenters. The van der Waals surface area contributed by atoms with Gasteiger partial charge in [0.2, 0.25) is 0 Å².